The van der Waals surface area contributed by atoms with Crippen LogP contribution in [-0.2, 0) is 0 Å². The predicted octanol–water partition coefficient (Wildman–Crippen LogP) is 4.64. The maximum atomic E-state index is 2.53. The van der Waals surface area contributed by atoms with E-state index in [0.717, 1.165) is 0 Å². The smallest absolute Gasteiger partial charge is 0.00723 e. The van der Waals surface area contributed by atoms with Gasteiger partial charge in [0, 0.05) is 12.0 Å². The van der Waals surface area contributed by atoms with Gasteiger partial charge in [-0.2, -0.15) is 0 Å². The third-order valence-corrected chi connectivity index (χ3v) is 4.65. The molecule has 17 heavy (non-hydrogen) atoms. The van der Waals surface area contributed by atoms with Crippen molar-refractivity contribution >= 4 is 0 Å². The lowest BCUT2D eigenvalue weighted by atomic mass is 9.66. The standard InChI is InChI=1S/C14H25N.C2H6/c1-4-13-7-5-8-14(12(13)2)9-6-10-15(3)11-14;1-2/h4-11H2,1-3H3;1-2H3. The number of rotatable bonds is 1. The van der Waals surface area contributed by atoms with Gasteiger partial charge in [0.2, 0.25) is 0 Å². The normalized spacial score (nSPS) is 30.2. The van der Waals surface area contributed by atoms with Crippen LogP contribution in [0.15, 0.2) is 11.1 Å². The Bertz CT molecular complexity index is 267. The lowest BCUT2D eigenvalue weighted by molar-refractivity contribution is 0.122. The molecule has 0 aromatic heterocycles. The molecule has 1 fully saturated rings. The SMILES string of the molecule is CC.CCC1=C(C)C2(CCC1)CCCN(C)C2. The number of hydrogen-bond donors (Lipinski definition) is 0. The number of likely N-dealkylation sites (tertiary alicyclic amines) is 1. The first-order valence-electron chi connectivity index (χ1n) is 7.55. The fraction of sp³-hybridized carbons (Fsp3) is 0.875. The van der Waals surface area contributed by atoms with E-state index in [2.05, 4.69) is 25.8 Å². The van der Waals surface area contributed by atoms with Gasteiger partial charge in [-0.3, -0.25) is 0 Å². The van der Waals surface area contributed by atoms with E-state index in [9.17, 15) is 0 Å². The van der Waals surface area contributed by atoms with Crippen molar-refractivity contribution in [2.75, 3.05) is 20.1 Å². The van der Waals surface area contributed by atoms with Crippen LogP contribution in [0.5, 0.6) is 0 Å². The molecular weight excluding hydrogens is 206 g/mol. The van der Waals surface area contributed by atoms with Crippen LogP contribution in [0.3, 0.4) is 0 Å². The highest BCUT2D eigenvalue weighted by Gasteiger charge is 2.38. The van der Waals surface area contributed by atoms with Crippen molar-refractivity contribution in [3.8, 4) is 0 Å². The topological polar surface area (TPSA) is 3.24 Å². The lowest BCUT2D eigenvalue weighted by Gasteiger charge is -2.46. The summed E-state index contributed by atoms with van der Waals surface area (Å²) < 4.78 is 0. The highest BCUT2D eigenvalue weighted by atomic mass is 15.1. The van der Waals surface area contributed by atoms with Gasteiger partial charge < -0.3 is 4.90 Å². The van der Waals surface area contributed by atoms with Crippen LogP contribution in [0.25, 0.3) is 0 Å². The quantitative estimate of drug-likeness (QED) is 0.601. The second kappa shape index (κ2) is 6.58. The maximum absolute atomic E-state index is 2.53. The minimum Gasteiger partial charge on any atom is -0.305 e. The van der Waals surface area contributed by atoms with Crippen LogP contribution in [0, 0.1) is 5.41 Å². The molecule has 1 unspecified atom stereocenters. The summed E-state index contributed by atoms with van der Waals surface area (Å²) in [7, 11) is 2.29. The highest BCUT2D eigenvalue weighted by Crippen LogP contribution is 2.46. The average molecular weight is 237 g/mol. The van der Waals surface area contributed by atoms with E-state index in [1.54, 1.807) is 11.1 Å². The molecule has 1 spiro atoms. The number of hydrogen-bond acceptors (Lipinski definition) is 1. The van der Waals surface area contributed by atoms with Crippen molar-refractivity contribution in [2.45, 2.75) is 66.2 Å². The van der Waals surface area contributed by atoms with E-state index in [0.29, 0.717) is 5.41 Å². The van der Waals surface area contributed by atoms with Gasteiger partial charge in [0.15, 0.2) is 0 Å². The van der Waals surface area contributed by atoms with Gasteiger partial charge in [-0.25, -0.2) is 0 Å². The summed E-state index contributed by atoms with van der Waals surface area (Å²) in [4.78, 5) is 2.53. The second-order valence-electron chi connectivity index (χ2n) is 5.56. The number of piperidine rings is 1. The molecule has 1 nitrogen and oxygen atoms in total. The molecule has 0 N–H and O–H groups in total. The summed E-state index contributed by atoms with van der Waals surface area (Å²) in [6, 6.07) is 0. The van der Waals surface area contributed by atoms with Crippen molar-refractivity contribution in [3.63, 3.8) is 0 Å². The van der Waals surface area contributed by atoms with Crippen LogP contribution in [0.1, 0.15) is 66.2 Å². The van der Waals surface area contributed by atoms with Gasteiger partial charge >= 0.3 is 0 Å². The first kappa shape index (κ1) is 14.8. The monoisotopic (exact) mass is 237 g/mol. The minimum atomic E-state index is 0.566. The third kappa shape index (κ3) is 3.13. The summed E-state index contributed by atoms with van der Waals surface area (Å²) >= 11 is 0. The number of allylic oxidation sites excluding steroid dienone is 1. The first-order valence-corrected chi connectivity index (χ1v) is 7.55. The molecule has 2 rings (SSSR count). The van der Waals surface area contributed by atoms with E-state index in [-0.39, 0.29) is 0 Å². The van der Waals surface area contributed by atoms with Gasteiger partial charge in [0.05, 0.1) is 0 Å². The zero-order valence-corrected chi connectivity index (χ0v) is 12.6. The van der Waals surface area contributed by atoms with Crippen molar-refractivity contribution < 1.29 is 0 Å². The van der Waals surface area contributed by atoms with Crippen LogP contribution >= 0.6 is 0 Å². The molecule has 0 saturated carbocycles. The van der Waals surface area contributed by atoms with E-state index in [4.69, 9.17) is 0 Å². The molecule has 1 aliphatic heterocycles. The van der Waals surface area contributed by atoms with E-state index >= 15 is 0 Å². The van der Waals surface area contributed by atoms with Crippen molar-refractivity contribution in [2.24, 2.45) is 5.41 Å². The van der Waals surface area contributed by atoms with E-state index in [1.165, 1.54) is 51.6 Å². The van der Waals surface area contributed by atoms with Crippen molar-refractivity contribution in [1.29, 1.82) is 0 Å². The Hall–Kier alpha value is -0.300. The fourth-order valence-electron chi connectivity index (χ4n) is 3.70. The zero-order chi connectivity index (χ0) is 12.9. The van der Waals surface area contributed by atoms with Gasteiger partial charge in [-0.1, -0.05) is 31.9 Å². The Morgan fingerprint density at radius 2 is 1.82 bits per heavy atom. The Balaban J connectivity index is 0.000000686. The highest BCUT2D eigenvalue weighted by molar-refractivity contribution is 5.24. The van der Waals surface area contributed by atoms with Crippen LogP contribution in [0.2, 0.25) is 0 Å². The first-order chi connectivity index (χ1) is 8.18. The lowest BCUT2D eigenvalue weighted by Crippen LogP contribution is -2.43. The Morgan fingerprint density at radius 1 is 1.18 bits per heavy atom. The summed E-state index contributed by atoms with van der Waals surface area (Å²) in [5.41, 5.74) is 4.08. The molecule has 100 valence electrons. The molecule has 1 heterocycles. The zero-order valence-electron chi connectivity index (χ0n) is 12.6. The van der Waals surface area contributed by atoms with Crippen LogP contribution < -0.4 is 0 Å². The third-order valence-electron chi connectivity index (χ3n) is 4.65. The fourth-order valence-corrected chi connectivity index (χ4v) is 3.70. The number of nitrogens with zero attached hydrogens (tertiary/aromatic N) is 1. The maximum Gasteiger partial charge on any atom is 0.00723 e. The second-order valence-corrected chi connectivity index (χ2v) is 5.56. The molecule has 0 aromatic rings. The molecule has 1 saturated heterocycles. The largest absolute Gasteiger partial charge is 0.305 e. The van der Waals surface area contributed by atoms with Crippen LogP contribution in [0.4, 0.5) is 0 Å². The Kier molecular flexibility index (Phi) is 5.72. The summed E-state index contributed by atoms with van der Waals surface area (Å²) in [6.07, 6.45) is 8.34. The minimum absolute atomic E-state index is 0.566. The van der Waals surface area contributed by atoms with Gasteiger partial charge in [-0.15, -0.1) is 0 Å². The summed E-state index contributed by atoms with van der Waals surface area (Å²) in [6.45, 7) is 11.3. The molecule has 0 amide bonds. The van der Waals surface area contributed by atoms with Crippen LogP contribution in [-0.4, -0.2) is 25.0 Å². The molecule has 0 aromatic carbocycles. The van der Waals surface area contributed by atoms with Gasteiger partial charge in [0.25, 0.3) is 0 Å². The molecule has 0 bridgehead atoms. The van der Waals surface area contributed by atoms with Crippen molar-refractivity contribution in [3.05, 3.63) is 11.1 Å². The Labute approximate surface area is 108 Å². The average Bonchev–Trinajstić information content (AvgIpc) is 2.35. The van der Waals surface area contributed by atoms with Crippen molar-refractivity contribution in [1.82, 2.24) is 4.90 Å². The molecule has 1 heteroatoms. The Morgan fingerprint density at radius 3 is 2.41 bits per heavy atom. The van der Waals surface area contributed by atoms with E-state index in [1.807, 2.05) is 13.8 Å². The predicted molar refractivity (Wildman–Crippen MR) is 77.4 cm³/mol. The molecular formula is C16H31N. The molecule has 2 aliphatic rings. The summed E-state index contributed by atoms with van der Waals surface area (Å²) in [5, 5.41) is 0. The van der Waals surface area contributed by atoms with Gasteiger partial charge in [0.1, 0.15) is 0 Å². The molecule has 0 radical (unpaired) electrons. The van der Waals surface area contributed by atoms with Gasteiger partial charge in [-0.05, 0) is 59.0 Å². The van der Waals surface area contributed by atoms with E-state index < -0.39 is 0 Å². The molecule has 1 aliphatic carbocycles. The summed E-state index contributed by atoms with van der Waals surface area (Å²) in [5.74, 6) is 0. The molecule has 1 atom stereocenters.